The molecule has 16 heteroatoms. The molecular formula is C30H31Cl5N3O6S2+. The average molecular weight is 771 g/mol. The lowest BCUT2D eigenvalue weighted by molar-refractivity contribution is -0.875. The number of cyclic esters (lactones) is 1. The lowest BCUT2D eigenvalue weighted by Gasteiger charge is -2.53. The minimum absolute atomic E-state index is 0.00781. The molecule has 1 amide bonds. The summed E-state index contributed by atoms with van der Waals surface area (Å²) in [5.41, 5.74) is 1.44. The number of halogens is 5. The van der Waals surface area contributed by atoms with Gasteiger partial charge in [-0.15, -0.1) is 0 Å². The van der Waals surface area contributed by atoms with E-state index >= 15 is 0 Å². The Morgan fingerprint density at radius 1 is 0.783 bits per heavy atom. The molecule has 0 bridgehead atoms. The minimum Gasteiger partial charge on any atom is -0.415 e. The van der Waals surface area contributed by atoms with Gasteiger partial charge in [0.1, 0.15) is 33.6 Å². The summed E-state index contributed by atoms with van der Waals surface area (Å²) in [5, 5.41) is 0.501. The number of carbonyl (C=O) groups is 1. The Morgan fingerprint density at radius 3 is 1.85 bits per heavy atom. The molecule has 0 radical (unpaired) electrons. The van der Waals surface area contributed by atoms with Crippen LogP contribution in [0.3, 0.4) is 0 Å². The van der Waals surface area contributed by atoms with Crippen LogP contribution in [0.2, 0.25) is 15.1 Å². The quantitative estimate of drug-likeness (QED) is 0.232. The van der Waals surface area contributed by atoms with Crippen LogP contribution >= 0.6 is 58.0 Å². The summed E-state index contributed by atoms with van der Waals surface area (Å²) in [5.74, 6) is 0. The largest absolute Gasteiger partial charge is 0.522 e. The molecule has 3 fully saturated rings. The summed E-state index contributed by atoms with van der Waals surface area (Å²) in [4.78, 5) is 14.2. The monoisotopic (exact) mass is 768 g/mol. The molecule has 1 unspecified atom stereocenters. The normalized spacial score (nSPS) is 25.4. The van der Waals surface area contributed by atoms with Gasteiger partial charge >= 0.3 is 6.09 Å². The molecule has 46 heavy (non-hydrogen) atoms. The highest BCUT2D eigenvalue weighted by molar-refractivity contribution is 7.89. The molecule has 9 nitrogen and oxygen atoms in total. The number of quaternary nitrogens is 1. The van der Waals surface area contributed by atoms with Gasteiger partial charge in [-0.3, -0.25) is 0 Å². The van der Waals surface area contributed by atoms with E-state index < -0.39 is 30.5 Å². The van der Waals surface area contributed by atoms with E-state index in [2.05, 4.69) is 0 Å². The fraction of sp³-hybridized carbons (Fsp3) is 0.433. The number of piperidine rings is 2. The van der Waals surface area contributed by atoms with Crippen molar-refractivity contribution in [3.63, 3.8) is 0 Å². The number of nitrogens with zero attached hydrogens (tertiary/aromatic N) is 3. The molecule has 0 spiro atoms. The van der Waals surface area contributed by atoms with Crippen molar-refractivity contribution in [1.82, 2.24) is 8.61 Å². The Labute approximate surface area is 293 Å². The second kappa shape index (κ2) is 12.8. The van der Waals surface area contributed by atoms with Crippen LogP contribution in [0.4, 0.5) is 4.79 Å². The highest BCUT2D eigenvalue weighted by atomic mass is 35.5. The molecule has 3 aliphatic heterocycles. The van der Waals surface area contributed by atoms with Gasteiger partial charge in [0.15, 0.2) is 0 Å². The Morgan fingerprint density at radius 2 is 1.30 bits per heavy atom. The summed E-state index contributed by atoms with van der Waals surface area (Å²) in [7, 11) is -7.81. The van der Waals surface area contributed by atoms with Crippen molar-refractivity contribution in [2.75, 3.05) is 32.8 Å². The lowest BCUT2D eigenvalue weighted by atomic mass is 9.88. The van der Waals surface area contributed by atoms with Gasteiger partial charge in [-0.2, -0.15) is 17.9 Å². The van der Waals surface area contributed by atoms with Crippen molar-refractivity contribution in [1.29, 1.82) is 0 Å². The first-order valence-corrected chi connectivity index (χ1v) is 19.5. The number of carbonyl (C=O) groups excluding carboxylic acids is 1. The fourth-order valence-corrected chi connectivity index (χ4v) is 11.8. The molecule has 3 heterocycles. The lowest BCUT2D eigenvalue weighted by Crippen LogP contribution is -2.69. The number of ether oxygens (including phenoxy) is 1. The Kier molecular flexibility index (Phi) is 9.61. The van der Waals surface area contributed by atoms with Gasteiger partial charge in [-0.05, 0) is 48.6 Å². The van der Waals surface area contributed by atoms with Gasteiger partial charge in [-0.1, -0.05) is 64.1 Å². The number of fused-ring (bicyclic) bond motifs is 1. The van der Waals surface area contributed by atoms with Crippen LogP contribution in [-0.2, 0) is 24.8 Å². The third-order valence-corrected chi connectivity index (χ3v) is 14.8. The SMILES string of the molecule is O=C1OCC2=CC(Cl)(Cl)CC=C2[N+]1(C1CCN(S(=O)(=O)c2ccc(Cl)cc2)CC1)C1CCN(S(=O)(=O)c2c(Cl)cccc2Cl)CC1. The zero-order chi connectivity index (χ0) is 33.1. The number of hydrogen-bond donors (Lipinski definition) is 0. The maximum absolute atomic E-state index is 14.2. The summed E-state index contributed by atoms with van der Waals surface area (Å²) >= 11 is 31.5. The van der Waals surface area contributed by atoms with E-state index in [0.717, 1.165) is 5.70 Å². The molecule has 4 aliphatic rings. The number of hydrogen-bond acceptors (Lipinski definition) is 6. The summed E-state index contributed by atoms with van der Waals surface area (Å²) in [6, 6.07) is 9.86. The van der Waals surface area contributed by atoms with Crippen LogP contribution in [0, 0.1) is 0 Å². The van der Waals surface area contributed by atoms with Crippen molar-refractivity contribution < 1.29 is 30.9 Å². The smallest absolute Gasteiger partial charge is 0.415 e. The Balaban J connectivity index is 1.31. The van der Waals surface area contributed by atoms with Crippen LogP contribution in [0.5, 0.6) is 0 Å². The minimum atomic E-state index is -4.02. The van der Waals surface area contributed by atoms with Gasteiger partial charge in [0.2, 0.25) is 20.0 Å². The van der Waals surface area contributed by atoms with E-state index in [1.54, 1.807) is 12.1 Å². The average Bonchev–Trinajstić information content (AvgIpc) is 3.01. The van der Waals surface area contributed by atoms with Crippen molar-refractivity contribution in [2.45, 2.75) is 58.3 Å². The maximum Gasteiger partial charge on any atom is 0.522 e. The molecule has 2 aromatic carbocycles. The van der Waals surface area contributed by atoms with Gasteiger partial charge in [0, 0.05) is 68.9 Å². The standard InChI is InChI=1S/C30H31Cl5N3O6S2/c31-21-4-6-24(7-5-21)45(40,41)36-14-9-22(10-15-36)38(27-8-13-30(34,35)18-20(27)19-44-29(38)39)23-11-16-37(17-12-23)46(42,43)28-25(32)2-1-3-26(28)33/h1-8,18,22-23H,9-17,19H2/q+1. The highest BCUT2D eigenvalue weighted by Crippen LogP contribution is 2.48. The molecule has 1 atom stereocenters. The molecule has 3 saturated heterocycles. The molecule has 1 aliphatic carbocycles. The fourth-order valence-electron chi connectivity index (χ4n) is 7.18. The van der Waals surface area contributed by atoms with Crippen LogP contribution in [0.15, 0.2) is 75.7 Å². The topological polar surface area (TPSA) is 101 Å². The van der Waals surface area contributed by atoms with Crippen LogP contribution in [-0.4, -0.2) is 85.2 Å². The first kappa shape index (κ1) is 34.5. The predicted octanol–water partition coefficient (Wildman–Crippen LogP) is 7.01. The number of benzene rings is 2. The summed E-state index contributed by atoms with van der Waals surface area (Å²) in [6.07, 6.45) is 4.82. The van der Waals surface area contributed by atoms with Gasteiger partial charge in [-0.25, -0.2) is 16.8 Å². The highest BCUT2D eigenvalue weighted by Gasteiger charge is 2.60. The second-order valence-corrected chi connectivity index (χ2v) is 18.4. The van der Waals surface area contributed by atoms with E-state index in [9.17, 15) is 21.6 Å². The zero-order valence-corrected chi connectivity index (χ0v) is 29.8. The van der Waals surface area contributed by atoms with Crippen molar-refractivity contribution in [2.24, 2.45) is 0 Å². The van der Waals surface area contributed by atoms with E-state index in [0.29, 0.717) is 36.3 Å². The van der Waals surface area contributed by atoms with Crippen molar-refractivity contribution >= 4 is 84.1 Å². The first-order valence-electron chi connectivity index (χ1n) is 14.7. The summed E-state index contributed by atoms with van der Waals surface area (Å²) in [6.45, 7) is 0.610. The second-order valence-electron chi connectivity index (χ2n) is 11.8. The molecule has 0 N–H and O–H groups in total. The van der Waals surface area contributed by atoms with Crippen LogP contribution < -0.4 is 0 Å². The zero-order valence-electron chi connectivity index (χ0n) is 24.4. The van der Waals surface area contributed by atoms with Crippen molar-refractivity contribution in [3.05, 3.63) is 81.0 Å². The number of amides is 1. The molecule has 6 rings (SSSR count). The molecule has 2 aromatic rings. The van der Waals surface area contributed by atoms with Crippen LogP contribution in [0.25, 0.3) is 0 Å². The van der Waals surface area contributed by atoms with Crippen molar-refractivity contribution in [3.8, 4) is 0 Å². The number of allylic oxidation sites excluding steroid dienone is 2. The van der Waals surface area contributed by atoms with E-state index in [1.807, 2.05) is 6.08 Å². The molecule has 248 valence electrons. The third kappa shape index (κ3) is 6.03. The number of alkyl halides is 2. The summed E-state index contributed by atoms with van der Waals surface area (Å²) < 4.78 is 61.5. The maximum atomic E-state index is 14.2. The van der Waals surface area contributed by atoms with Gasteiger partial charge < -0.3 is 4.74 Å². The van der Waals surface area contributed by atoms with Crippen LogP contribution in [0.1, 0.15) is 32.1 Å². The predicted molar refractivity (Wildman–Crippen MR) is 178 cm³/mol. The first-order chi connectivity index (χ1) is 21.7. The molecule has 0 aromatic heterocycles. The Hall–Kier alpha value is -1.38. The molecule has 0 saturated carbocycles. The van der Waals surface area contributed by atoms with E-state index in [1.165, 1.54) is 45.0 Å². The Bertz CT molecular complexity index is 1800. The van der Waals surface area contributed by atoms with Gasteiger partial charge in [0.05, 0.1) is 14.9 Å². The third-order valence-electron chi connectivity index (χ3n) is 9.30. The van der Waals surface area contributed by atoms with E-state index in [4.69, 9.17) is 62.7 Å². The molecular weight excluding hydrogens is 740 g/mol. The van der Waals surface area contributed by atoms with Gasteiger partial charge in [0.25, 0.3) is 0 Å². The van der Waals surface area contributed by atoms with E-state index in [-0.39, 0.29) is 75.6 Å². The number of rotatable bonds is 6. The number of sulfonamides is 2.